The van der Waals surface area contributed by atoms with Crippen LogP contribution in [0.15, 0.2) is 12.1 Å². The molecule has 0 aliphatic carbocycles. The number of piperazine rings is 1. The van der Waals surface area contributed by atoms with Crippen molar-refractivity contribution in [2.24, 2.45) is 0 Å². The molecule has 1 aromatic carbocycles. The standard InChI is InChI=1S/C14H18FN3O2/c15-10-3-4-11(12(13(10)16)14(19)20)18-7-6-17-5-1-2-9(17)8-18/h3-4,9H,1-2,5-8,16H2,(H,19,20). The maximum absolute atomic E-state index is 13.5. The molecule has 5 nitrogen and oxygen atoms in total. The van der Waals surface area contributed by atoms with Crippen LogP contribution in [0.3, 0.4) is 0 Å². The Kier molecular flexibility index (Phi) is 3.25. The summed E-state index contributed by atoms with van der Waals surface area (Å²) in [6, 6.07) is 3.24. The molecular weight excluding hydrogens is 261 g/mol. The second kappa shape index (κ2) is 4.94. The molecule has 20 heavy (non-hydrogen) atoms. The van der Waals surface area contributed by atoms with E-state index in [0.29, 0.717) is 11.7 Å². The highest BCUT2D eigenvalue weighted by Gasteiger charge is 2.32. The normalized spacial score (nSPS) is 22.9. The van der Waals surface area contributed by atoms with Crippen molar-refractivity contribution in [3.8, 4) is 0 Å². The van der Waals surface area contributed by atoms with Gasteiger partial charge in [0.05, 0.1) is 11.4 Å². The van der Waals surface area contributed by atoms with Gasteiger partial charge in [-0.15, -0.1) is 0 Å². The van der Waals surface area contributed by atoms with Gasteiger partial charge in [-0.05, 0) is 31.5 Å². The molecule has 3 N–H and O–H groups in total. The van der Waals surface area contributed by atoms with Gasteiger partial charge in [0.2, 0.25) is 0 Å². The maximum Gasteiger partial charge on any atom is 0.340 e. The molecule has 1 unspecified atom stereocenters. The summed E-state index contributed by atoms with van der Waals surface area (Å²) in [5, 5.41) is 9.31. The molecule has 0 bridgehead atoms. The van der Waals surface area contributed by atoms with Crippen molar-refractivity contribution in [2.75, 3.05) is 36.8 Å². The Bertz CT molecular complexity index is 549. The highest BCUT2D eigenvalue weighted by Crippen LogP contribution is 2.31. The maximum atomic E-state index is 13.5. The van der Waals surface area contributed by atoms with Gasteiger partial charge in [0.15, 0.2) is 0 Å². The number of hydrogen-bond donors (Lipinski definition) is 2. The number of nitrogens with two attached hydrogens (primary N) is 1. The fourth-order valence-electron chi connectivity index (χ4n) is 3.28. The molecular formula is C14H18FN3O2. The van der Waals surface area contributed by atoms with Gasteiger partial charge in [-0.25, -0.2) is 9.18 Å². The first kappa shape index (κ1) is 13.2. The lowest BCUT2D eigenvalue weighted by molar-refractivity contribution is 0.0698. The number of fused-ring (bicyclic) bond motifs is 1. The molecule has 2 aliphatic heterocycles. The van der Waals surface area contributed by atoms with Gasteiger partial charge >= 0.3 is 5.97 Å². The summed E-state index contributed by atoms with van der Waals surface area (Å²) in [6.45, 7) is 3.57. The number of halogens is 1. The van der Waals surface area contributed by atoms with Gasteiger partial charge in [-0.3, -0.25) is 4.90 Å². The minimum absolute atomic E-state index is 0.114. The third-order valence-electron chi connectivity index (χ3n) is 4.31. The molecule has 0 saturated carbocycles. The number of nitrogens with zero attached hydrogens (tertiary/aromatic N) is 2. The van der Waals surface area contributed by atoms with E-state index in [-0.39, 0.29) is 11.3 Å². The molecule has 1 aromatic rings. The lowest BCUT2D eigenvalue weighted by Gasteiger charge is -2.39. The van der Waals surface area contributed by atoms with Crippen LogP contribution < -0.4 is 10.6 Å². The summed E-state index contributed by atoms with van der Waals surface area (Å²) in [5.74, 6) is -1.85. The monoisotopic (exact) mass is 279 g/mol. The van der Waals surface area contributed by atoms with E-state index < -0.39 is 11.8 Å². The van der Waals surface area contributed by atoms with Gasteiger partial charge in [-0.2, -0.15) is 0 Å². The minimum Gasteiger partial charge on any atom is -0.478 e. The Morgan fingerprint density at radius 1 is 1.35 bits per heavy atom. The summed E-state index contributed by atoms with van der Waals surface area (Å²) in [6.07, 6.45) is 2.32. The minimum atomic E-state index is -1.18. The number of carboxylic acid groups (broad SMARTS) is 1. The molecule has 2 fully saturated rings. The number of aromatic carboxylic acids is 1. The molecule has 3 rings (SSSR count). The number of anilines is 2. The van der Waals surface area contributed by atoms with Gasteiger partial charge in [0.25, 0.3) is 0 Å². The van der Waals surface area contributed by atoms with Crippen molar-refractivity contribution in [3.05, 3.63) is 23.5 Å². The first-order valence-electron chi connectivity index (χ1n) is 6.88. The SMILES string of the molecule is Nc1c(F)ccc(N2CCN3CCCC3C2)c1C(=O)O. The van der Waals surface area contributed by atoms with Gasteiger partial charge in [-0.1, -0.05) is 0 Å². The van der Waals surface area contributed by atoms with E-state index in [1.807, 2.05) is 4.90 Å². The molecule has 0 spiro atoms. The van der Waals surface area contributed by atoms with Crippen molar-refractivity contribution in [2.45, 2.75) is 18.9 Å². The molecule has 2 heterocycles. The van der Waals surface area contributed by atoms with Crippen molar-refractivity contribution in [3.63, 3.8) is 0 Å². The molecule has 2 aliphatic rings. The smallest absolute Gasteiger partial charge is 0.340 e. The molecule has 1 atom stereocenters. The van der Waals surface area contributed by atoms with E-state index in [0.717, 1.165) is 32.6 Å². The molecule has 0 aromatic heterocycles. The highest BCUT2D eigenvalue weighted by atomic mass is 19.1. The fourth-order valence-corrected chi connectivity index (χ4v) is 3.28. The van der Waals surface area contributed by atoms with E-state index in [2.05, 4.69) is 4.90 Å². The van der Waals surface area contributed by atoms with Crippen molar-refractivity contribution in [1.29, 1.82) is 0 Å². The van der Waals surface area contributed by atoms with Gasteiger partial charge < -0.3 is 15.7 Å². The van der Waals surface area contributed by atoms with E-state index >= 15 is 0 Å². The Morgan fingerprint density at radius 2 is 2.15 bits per heavy atom. The average Bonchev–Trinajstić information content (AvgIpc) is 2.88. The Labute approximate surface area is 116 Å². The summed E-state index contributed by atoms with van der Waals surface area (Å²) in [4.78, 5) is 15.8. The first-order valence-corrected chi connectivity index (χ1v) is 6.88. The van der Waals surface area contributed by atoms with Crippen molar-refractivity contribution >= 4 is 17.3 Å². The summed E-state index contributed by atoms with van der Waals surface area (Å²) >= 11 is 0. The van der Waals surface area contributed by atoms with Gasteiger partial charge in [0.1, 0.15) is 11.4 Å². The first-order chi connectivity index (χ1) is 9.58. The summed E-state index contributed by atoms with van der Waals surface area (Å²) < 4.78 is 13.5. The van der Waals surface area contributed by atoms with Crippen LogP contribution in [0.1, 0.15) is 23.2 Å². The average molecular weight is 279 g/mol. The van der Waals surface area contributed by atoms with Gasteiger partial charge in [0, 0.05) is 25.7 Å². The number of hydrogen-bond acceptors (Lipinski definition) is 4. The Balaban J connectivity index is 1.94. The number of benzene rings is 1. The third kappa shape index (κ3) is 2.10. The predicted molar refractivity (Wildman–Crippen MR) is 74.6 cm³/mol. The van der Waals surface area contributed by atoms with E-state index in [4.69, 9.17) is 5.73 Å². The second-order valence-electron chi connectivity index (χ2n) is 5.44. The van der Waals surface area contributed by atoms with Crippen LogP contribution in [-0.4, -0.2) is 48.2 Å². The van der Waals surface area contributed by atoms with Crippen LogP contribution in [0.5, 0.6) is 0 Å². The van der Waals surface area contributed by atoms with Crippen LogP contribution in [0, 0.1) is 5.82 Å². The Morgan fingerprint density at radius 3 is 2.90 bits per heavy atom. The number of carbonyl (C=O) groups is 1. The molecule has 108 valence electrons. The molecule has 2 saturated heterocycles. The van der Waals surface area contributed by atoms with Crippen LogP contribution >= 0.6 is 0 Å². The largest absolute Gasteiger partial charge is 0.478 e. The molecule has 6 heteroatoms. The number of rotatable bonds is 2. The second-order valence-corrected chi connectivity index (χ2v) is 5.44. The van der Waals surface area contributed by atoms with E-state index in [9.17, 15) is 14.3 Å². The molecule has 0 radical (unpaired) electrons. The van der Waals surface area contributed by atoms with E-state index in [1.165, 1.54) is 18.6 Å². The zero-order valence-corrected chi connectivity index (χ0v) is 11.2. The zero-order valence-electron chi connectivity index (χ0n) is 11.2. The van der Waals surface area contributed by atoms with Crippen LogP contribution in [0.2, 0.25) is 0 Å². The van der Waals surface area contributed by atoms with Crippen molar-refractivity contribution < 1.29 is 14.3 Å². The molecule has 0 amide bonds. The Hall–Kier alpha value is -1.82. The third-order valence-corrected chi connectivity index (χ3v) is 4.31. The van der Waals surface area contributed by atoms with Crippen LogP contribution in [0.25, 0.3) is 0 Å². The topological polar surface area (TPSA) is 69.8 Å². The van der Waals surface area contributed by atoms with Crippen LogP contribution in [0.4, 0.5) is 15.8 Å². The quantitative estimate of drug-likeness (QED) is 0.801. The highest BCUT2D eigenvalue weighted by molar-refractivity contribution is 6.00. The summed E-state index contributed by atoms with van der Waals surface area (Å²) in [7, 11) is 0. The predicted octanol–water partition coefficient (Wildman–Crippen LogP) is 1.39. The lowest BCUT2D eigenvalue weighted by atomic mass is 10.1. The summed E-state index contributed by atoms with van der Waals surface area (Å²) in [5.41, 5.74) is 5.75. The lowest BCUT2D eigenvalue weighted by Crippen LogP contribution is -2.50. The van der Waals surface area contributed by atoms with Crippen molar-refractivity contribution in [1.82, 2.24) is 4.90 Å². The number of nitrogen functional groups attached to an aromatic ring is 1. The van der Waals surface area contributed by atoms with E-state index in [1.54, 1.807) is 0 Å². The van der Waals surface area contributed by atoms with Crippen LogP contribution in [-0.2, 0) is 0 Å². The zero-order chi connectivity index (χ0) is 14.3. The fraction of sp³-hybridized carbons (Fsp3) is 0.500. The number of carboxylic acids is 1.